The van der Waals surface area contributed by atoms with E-state index in [0.29, 0.717) is 11.0 Å². The van der Waals surface area contributed by atoms with Gasteiger partial charge in [-0.1, -0.05) is 36.6 Å². The fourth-order valence-corrected chi connectivity index (χ4v) is 8.35. The molecule has 0 aliphatic carbocycles. The highest BCUT2D eigenvalue weighted by Crippen LogP contribution is 2.60. The molecule has 0 saturated carbocycles. The van der Waals surface area contributed by atoms with Crippen molar-refractivity contribution in [2.24, 2.45) is 0 Å². The Labute approximate surface area is 253 Å². The molecule has 10 atom stereocenters. The molecule has 1 aromatic carbocycles. The number of hydrogen-bond acceptors (Lipinski definition) is 15. The number of anilines is 1. The summed E-state index contributed by atoms with van der Waals surface area (Å²) >= 11 is 8.20. The zero-order valence-corrected chi connectivity index (χ0v) is 25.4. The van der Waals surface area contributed by atoms with E-state index in [4.69, 9.17) is 33.3 Å². The van der Waals surface area contributed by atoms with E-state index in [-0.39, 0.29) is 17.0 Å². The number of rotatable bonds is 2. The van der Waals surface area contributed by atoms with Crippen LogP contribution in [0.25, 0.3) is 22.2 Å². The van der Waals surface area contributed by atoms with Gasteiger partial charge in [-0.15, -0.1) is 0 Å². The van der Waals surface area contributed by atoms with Crippen molar-refractivity contribution in [3.63, 3.8) is 0 Å². The van der Waals surface area contributed by atoms with Gasteiger partial charge in [0.25, 0.3) is 0 Å². The molecule has 7 rings (SSSR count). The van der Waals surface area contributed by atoms with Crippen LogP contribution in [-0.2, 0) is 36.7 Å². The third kappa shape index (κ3) is 5.41. The van der Waals surface area contributed by atoms with Crippen LogP contribution in [0.3, 0.4) is 0 Å². The molecule has 3 aliphatic rings. The van der Waals surface area contributed by atoms with E-state index >= 15 is 0 Å². The first-order chi connectivity index (χ1) is 20.5. The molecule has 0 radical (unpaired) electrons. The average molecular weight is 674 g/mol. The van der Waals surface area contributed by atoms with Crippen LogP contribution >= 0.6 is 38.1 Å². The Morgan fingerprint density at radius 3 is 2.07 bits per heavy atom. The van der Waals surface area contributed by atoms with Crippen LogP contribution in [0, 0.1) is 0 Å². The summed E-state index contributed by atoms with van der Waals surface area (Å²) in [5.41, 5.74) is 7.71. The first-order valence-corrected chi connectivity index (χ1v) is 18.2. The van der Waals surface area contributed by atoms with E-state index in [1.54, 1.807) is 22.8 Å². The molecule has 43 heavy (non-hydrogen) atoms. The number of fused-ring (bicyclic) bond motifs is 4. The second kappa shape index (κ2) is 11.0. The number of hydrogen-bond donors (Lipinski definition) is 5. The summed E-state index contributed by atoms with van der Waals surface area (Å²) < 4.78 is 64.2. The van der Waals surface area contributed by atoms with Gasteiger partial charge in [0.15, 0.2) is 23.9 Å². The molecule has 10 unspecified atom stereocenters. The number of para-hydroxylation sites is 2. The Balaban J connectivity index is 1.16. The maximum absolute atomic E-state index is 13.4. The van der Waals surface area contributed by atoms with E-state index < -0.39 is 75.9 Å². The Morgan fingerprint density at radius 1 is 0.837 bits per heavy atom. The lowest BCUT2D eigenvalue weighted by Crippen LogP contribution is -2.38. The lowest BCUT2D eigenvalue weighted by atomic mass is 10.1. The van der Waals surface area contributed by atoms with E-state index in [1.165, 1.54) is 23.5 Å². The number of aromatic nitrogens is 6. The minimum absolute atomic E-state index is 0.113. The third-order valence-electron chi connectivity index (χ3n) is 7.35. The van der Waals surface area contributed by atoms with Gasteiger partial charge in [-0.05, 0) is 12.1 Å². The first-order valence-electron chi connectivity index (χ1n) is 12.8. The molecular weight excluding hydrogens is 648 g/mol. The summed E-state index contributed by atoms with van der Waals surface area (Å²) in [5, 5.41) is 22.5. The number of benzene rings is 1. The molecule has 3 aromatic heterocycles. The summed E-state index contributed by atoms with van der Waals surface area (Å²) in [5.74, 6) is 0.113. The molecule has 230 valence electrons. The van der Waals surface area contributed by atoms with Gasteiger partial charge in [0.2, 0.25) is 0 Å². The van der Waals surface area contributed by atoms with Gasteiger partial charge in [-0.3, -0.25) is 22.7 Å². The Morgan fingerprint density at radius 2 is 1.42 bits per heavy atom. The van der Waals surface area contributed by atoms with Crippen molar-refractivity contribution in [2.75, 3.05) is 18.9 Å². The van der Waals surface area contributed by atoms with E-state index in [2.05, 4.69) is 44.4 Å². The Bertz CT molecular complexity index is 1780. The van der Waals surface area contributed by atoms with Crippen LogP contribution in [0.2, 0.25) is 0 Å². The molecule has 3 aliphatic heterocycles. The predicted octanol–water partition coefficient (Wildman–Crippen LogP) is 1.87. The monoisotopic (exact) mass is 673 g/mol. The molecule has 0 bridgehead atoms. The van der Waals surface area contributed by atoms with E-state index in [1.807, 2.05) is 6.07 Å². The van der Waals surface area contributed by atoms with Crippen LogP contribution in [-0.4, -0.2) is 89.1 Å². The normalized spacial score (nSPS) is 38.9. The van der Waals surface area contributed by atoms with Gasteiger partial charge in [0.1, 0.15) is 48.5 Å². The number of nitrogen functional groups attached to an aromatic ring is 1. The maximum Gasteiger partial charge on any atom is 0.386 e. The molecule has 3 fully saturated rings. The quantitative estimate of drug-likeness (QED) is 0.152. The van der Waals surface area contributed by atoms with Crippen molar-refractivity contribution in [3.8, 4) is 0 Å². The SMILES string of the molecule is Nc1ncnc2c1ncn2C1OC2COP(=O)(S)OC3C(COP(=O)(S)OC2C1O)OC(n1cnc2ccccc21)C3O. The summed E-state index contributed by atoms with van der Waals surface area (Å²) in [6.45, 7) is -9.40. The molecule has 3 saturated heterocycles. The highest BCUT2D eigenvalue weighted by Gasteiger charge is 2.53. The Kier molecular flexibility index (Phi) is 7.60. The average Bonchev–Trinajstić information content (AvgIpc) is 3.72. The zero-order chi connectivity index (χ0) is 30.1. The lowest BCUT2D eigenvalue weighted by molar-refractivity contribution is -0.0560. The first kappa shape index (κ1) is 29.6. The second-order valence-corrected chi connectivity index (χ2v) is 15.8. The highest BCUT2D eigenvalue weighted by molar-refractivity contribution is 8.44. The lowest BCUT2D eigenvalue weighted by Gasteiger charge is -2.28. The van der Waals surface area contributed by atoms with Crippen molar-refractivity contribution in [2.45, 2.75) is 49.1 Å². The van der Waals surface area contributed by atoms with Crippen LogP contribution < -0.4 is 5.73 Å². The number of aliphatic hydroxyl groups excluding tert-OH is 2. The smallest absolute Gasteiger partial charge is 0.386 e. The molecule has 17 nitrogen and oxygen atoms in total. The van der Waals surface area contributed by atoms with Crippen LogP contribution in [0.15, 0.2) is 43.2 Å². The second-order valence-electron chi connectivity index (χ2n) is 10.0. The van der Waals surface area contributed by atoms with Gasteiger partial charge < -0.3 is 30.0 Å². The number of nitrogens with zero attached hydrogens (tertiary/aromatic N) is 6. The summed E-state index contributed by atoms with van der Waals surface area (Å²) in [6, 6.07) is 7.19. The fourth-order valence-electron chi connectivity index (χ4n) is 5.37. The molecule has 0 amide bonds. The standard InChI is InChI=1S/C22H25N7O10P2S2/c23-19-14-20(25-7-24-19)29(9-27-14)22-16(31)18-13(37-22)6-35-40(32,42)38-17-12(5-34-41(33,43)39-18)36-21(15(17)30)28-8-26-10-3-1-2-4-11(10)28/h1-4,7-9,12-13,15-18,21-22,30-31H,5-6H2,(H,32,42)(H,33,43)(H2,23,24,25). The minimum atomic E-state index is -4.22. The van der Waals surface area contributed by atoms with Crippen LogP contribution in [0.1, 0.15) is 12.5 Å². The fraction of sp³-hybridized carbons (Fsp3) is 0.455. The van der Waals surface area contributed by atoms with Crippen LogP contribution in [0.5, 0.6) is 0 Å². The minimum Gasteiger partial charge on any atom is -0.386 e. The van der Waals surface area contributed by atoms with Crippen molar-refractivity contribution in [1.29, 1.82) is 0 Å². The highest BCUT2D eigenvalue weighted by atomic mass is 32.7. The number of thiol groups is 2. The summed E-state index contributed by atoms with van der Waals surface area (Å²) in [6.07, 6.45) is -6.01. The number of ether oxygens (including phenoxy) is 2. The van der Waals surface area contributed by atoms with Crippen molar-refractivity contribution < 1.29 is 46.9 Å². The maximum atomic E-state index is 13.4. The molecule has 6 heterocycles. The van der Waals surface area contributed by atoms with Gasteiger partial charge >= 0.3 is 13.6 Å². The Hall–Kier alpha value is -2.12. The van der Waals surface area contributed by atoms with Crippen molar-refractivity contribution in [3.05, 3.63) is 43.2 Å². The third-order valence-corrected chi connectivity index (χ3v) is 10.6. The van der Waals surface area contributed by atoms with E-state index in [0.717, 1.165) is 0 Å². The zero-order valence-electron chi connectivity index (χ0n) is 21.8. The van der Waals surface area contributed by atoms with Crippen LogP contribution in [0.4, 0.5) is 5.82 Å². The summed E-state index contributed by atoms with van der Waals surface area (Å²) in [7, 11) is 0. The number of nitrogens with two attached hydrogens (primary N) is 1. The predicted molar refractivity (Wildman–Crippen MR) is 154 cm³/mol. The summed E-state index contributed by atoms with van der Waals surface area (Å²) in [4.78, 5) is 16.5. The molecule has 4 aromatic rings. The van der Waals surface area contributed by atoms with Gasteiger partial charge in [0, 0.05) is 0 Å². The largest absolute Gasteiger partial charge is 0.386 e. The number of imidazole rings is 2. The molecule has 21 heteroatoms. The van der Waals surface area contributed by atoms with Gasteiger partial charge in [-0.25, -0.2) is 29.1 Å². The van der Waals surface area contributed by atoms with Gasteiger partial charge in [0.05, 0.1) is 36.9 Å². The number of aliphatic hydroxyl groups is 2. The van der Waals surface area contributed by atoms with E-state index in [9.17, 15) is 19.3 Å². The van der Waals surface area contributed by atoms with Crippen molar-refractivity contribution in [1.82, 2.24) is 29.1 Å². The molecule has 0 spiro atoms. The molecule has 4 N–H and O–H groups in total. The van der Waals surface area contributed by atoms with Gasteiger partial charge in [-0.2, -0.15) is 0 Å². The van der Waals surface area contributed by atoms with Crippen molar-refractivity contribution >= 4 is 66.1 Å². The molecular formula is C22H25N7O10P2S2. The topological polar surface area (TPSA) is 217 Å².